The average molecular weight is 402 g/mol. The number of hydrogen-bond acceptors (Lipinski definition) is 5. The van der Waals surface area contributed by atoms with E-state index in [-0.39, 0.29) is 77.9 Å². The molecule has 146 valence electrons. The van der Waals surface area contributed by atoms with Gasteiger partial charge in [-0.1, -0.05) is 71.1 Å². The third-order valence-electron chi connectivity index (χ3n) is 4.16. The Balaban J connectivity index is -0.00000312. The molecule has 8 heteroatoms. The maximum absolute atomic E-state index is 11.7. The second kappa shape index (κ2) is 22.7. The number of unbranched alkanes of at least 4 members (excludes halogenated alkanes) is 10. The second-order valence-electron chi connectivity index (χ2n) is 6.49. The average Bonchev–Trinajstić information content (AvgIpc) is 2.59. The molecule has 1 atom stereocenters. The number of carboxylic acid groups (broad SMARTS) is 2. The maximum atomic E-state index is 11.7. The molecule has 0 aliphatic heterocycles. The van der Waals surface area contributed by atoms with Gasteiger partial charge in [0.15, 0.2) is 0 Å². The van der Waals surface area contributed by atoms with Gasteiger partial charge in [-0.05, 0) is 19.3 Å². The first kappa shape index (κ1) is 29.6. The van der Waals surface area contributed by atoms with Gasteiger partial charge < -0.3 is 25.1 Å². The summed E-state index contributed by atoms with van der Waals surface area (Å²) in [6.07, 6.45) is 11.7. The van der Waals surface area contributed by atoms with E-state index in [1.807, 2.05) is 0 Å². The molecule has 0 saturated heterocycles. The Morgan fingerprint density at radius 2 is 1.30 bits per heavy atom. The largest absolute Gasteiger partial charge is 1.00 e. The zero-order chi connectivity index (χ0) is 19.6. The molecule has 0 heterocycles. The Labute approximate surface area is 209 Å². The first-order chi connectivity index (χ1) is 12.5. The van der Waals surface area contributed by atoms with Gasteiger partial charge in [0.05, 0.1) is 12.0 Å². The third kappa shape index (κ3) is 22.6. The monoisotopic (exact) mass is 402 g/mol. The molecular formula is C19H33NNa2O5. The summed E-state index contributed by atoms with van der Waals surface area (Å²) in [5.74, 6) is -3.21. The van der Waals surface area contributed by atoms with Crippen LogP contribution in [0, 0.1) is 0 Å². The van der Waals surface area contributed by atoms with Crippen molar-refractivity contribution < 1.29 is 85.1 Å². The predicted molar refractivity (Wildman–Crippen MR) is 92.3 cm³/mol. The SMILES string of the molecule is [2H]CCCCCCCCCCCCCC(=O)N[C@@H](CCC(=O)[O-])C(=O)[O-].[Na+].[Na+]. The summed E-state index contributed by atoms with van der Waals surface area (Å²) in [6.45, 7) is 0.533. The fourth-order valence-corrected chi connectivity index (χ4v) is 2.65. The molecule has 0 bridgehead atoms. The minimum Gasteiger partial charge on any atom is -0.550 e. The predicted octanol–water partition coefficient (Wildman–Crippen LogP) is -4.54. The molecule has 0 radical (unpaired) electrons. The number of nitrogens with one attached hydrogen (secondary N) is 1. The van der Waals surface area contributed by atoms with Crippen LogP contribution in [0.4, 0.5) is 0 Å². The van der Waals surface area contributed by atoms with Crippen LogP contribution < -0.4 is 74.6 Å². The van der Waals surface area contributed by atoms with Crippen molar-refractivity contribution in [3.8, 4) is 0 Å². The van der Waals surface area contributed by atoms with Crippen LogP contribution in [0.15, 0.2) is 0 Å². The molecule has 0 aliphatic rings. The van der Waals surface area contributed by atoms with E-state index < -0.39 is 24.4 Å². The van der Waals surface area contributed by atoms with Crippen LogP contribution in [0.2, 0.25) is 0 Å². The zero-order valence-corrected chi connectivity index (χ0v) is 21.2. The maximum Gasteiger partial charge on any atom is 1.00 e. The standard InChI is InChI=1S/C19H35NO5.2Na/c1-2-3-4-5-6-7-8-9-10-11-12-13-17(21)20-16(19(24)25)14-15-18(22)23;;/h16H,2-15H2,1H3,(H,20,21)(H,22,23)(H,24,25);;/q;2*+1/p-2/t16-;;/m0../s1/i1D;;. The van der Waals surface area contributed by atoms with E-state index in [1.54, 1.807) is 0 Å². The summed E-state index contributed by atoms with van der Waals surface area (Å²) in [7, 11) is 0. The van der Waals surface area contributed by atoms with Gasteiger partial charge in [0.2, 0.25) is 5.91 Å². The normalized spacial score (nSPS) is 11.5. The summed E-state index contributed by atoms with van der Waals surface area (Å²) >= 11 is 0. The van der Waals surface area contributed by atoms with Gasteiger partial charge in [-0.3, -0.25) is 4.79 Å². The molecule has 27 heavy (non-hydrogen) atoms. The molecule has 1 N–H and O–H groups in total. The molecule has 0 aromatic rings. The molecule has 0 aromatic heterocycles. The third-order valence-corrected chi connectivity index (χ3v) is 4.16. The van der Waals surface area contributed by atoms with Crippen molar-refractivity contribution in [3.05, 3.63) is 0 Å². The van der Waals surface area contributed by atoms with Crippen LogP contribution in [0.3, 0.4) is 0 Å². The van der Waals surface area contributed by atoms with Crippen LogP contribution in [0.1, 0.15) is 98.2 Å². The summed E-state index contributed by atoms with van der Waals surface area (Å²) in [5, 5.41) is 23.5. The molecule has 0 saturated carbocycles. The Morgan fingerprint density at radius 3 is 1.74 bits per heavy atom. The van der Waals surface area contributed by atoms with Gasteiger partial charge in [-0.2, -0.15) is 0 Å². The van der Waals surface area contributed by atoms with E-state index in [0.717, 1.165) is 32.1 Å². The van der Waals surface area contributed by atoms with Crippen molar-refractivity contribution in [3.63, 3.8) is 0 Å². The molecule has 6 nitrogen and oxygen atoms in total. The van der Waals surface area contributed by atoms with Crippen LogP contribution >= 0.6 is 0 Å². The van der Waals surface area contributed by atoms with Crippen molar-refractivity contribution in [2.45, 2.75) is 103 Å². The van der Waals surface area contributed by atoms with Gasteiger partial charge in [0.1, 0.15) is 0 Å². The van der Waals surface area contributed by atoms with Gasteiger partial charge in [0.25, 0.3) is 0 Å². The summed E-state index contributed by atoms with van der Waals surface area (Å²) in [4.78, 5) is 32.9. The fourth-order valence-electron chi connectivity index (χ4n) is 2.65. The van der Waals surface area contributed by atoms with Gasteiger partial charge >= 0.3 is 59.1 Å². The smallest absolute Gasteiger partial charge is 0.550 e. The molecule has 0 aliphatic carbocycles. The van der Waals surface area contributed by atoms with Gasteiger partial charge in [-0.15, -0.1) is 0 Å². The molecule has 0 rings (SSSR count). The number of carbonyl (C=O) groups is 3. The molecule has 0 aromatic carbocycles. The van der Waals surface area contributed by atoms with E-state index in [2.05, 4.69) is 5.32 Å². The number of amides is 1. The van der Waals surface area contributed by atoms with Crippen molar-refractivity contribution in [2.75, 3.05) is 0 Å². The van der Waals surface area contributed by atoms with Crippen LogP contribution in [0.25, 0.3) is 0 Å². The molecule has 0 spiro atoms. The van der Waals surface area contributed by atoms with Crippen molar-refractivity contribution in [1.29, 1.82) is 0 Å². The number of carbonyl (C=O) groups excluding carboxylic acids is 3. The minimum atomic E-state index is -1.47. The number of carboxylic acids is 2. The zero-order valence-electron chi connectivity index (χ0n) is 18.2. The van der Waals surface area contributed by atoms with Crippen molar-refractivity contribution in [1.82, 2.24) is 5.32 Å². The molecule has 1 amide bonds. The van der Waals surface area contributed by atoms with Gasteiger partial charge in [-0.25, -0.2) is 0 Å². The van der Waals surface area contributed by atoms with E-state index >= 15 is 0 Å². The number of rotatable bonds is 17. The van der Waals surface area contributed by atoms with Crippen LogP contribution in [-0.2, 0) is 14.4 Å². The molecular weight excluding hydrogens is 368 g/mol. The number of aliphatic carboxylic acids is 2. The van der Waals surface area contributed by atoms with Crippen molar-refractivity contribution >= 4 is 17.8 Å². The first-order valence-corrected chi connectivity index (χ1v) is 9.46. The second-order valence-corrected chi connectivity index (χ2v) is 6.49. The Morgan fingerprint density at radius 1 is 0.815 bits per heavy atom. The minimum absolute atomic E-state index is 0. The van der Waals surface area contributed by atoms with Crippen molar-refractivity contribution in [2.24, 2.45) is 0 Å². The Bertz CT molecular complexity index is 414. The van der Waals surface area contributed by atoms with E-state index in [4.69, 9.17) is 1.37 Å². The fraction of sp³-hybridized carbons (Fsp3) is 0.842. The Hall–Kier alpha value is 0.410. The van der Waals surface area contributed by atoms with Crippen LogP contribution in [0.5, 0.6) is 0 Å². The van der Waals surface area contributed by atoms with Gasteiger partial charge in [0, 0.05) is 13.8 Å². The Kier molecular flexibility index (Phi) is 24.9. The topological polar surface area (TPSA) is 109 Å². The molecule has 0 unspecified atom stereocenters. The molecule has 0 fully saturated rings. The van der Waals surface area contributed by atoms with E-state index in [0.29, 0.717) is 13.3 Å². The quantitative estimate of drug-likeness (QED) is 0.195. The van der Waals surface area contributed by atoms with E-state index in [9.17, 15) is 24.6 Å². The number of hydrogen-bond donors (Lipinski definition) is 1. The first-order valence-electron chi connectivity index (χ1n) is 10.2. The summed E-state index contributed by atoms with van der Waals surface area (Å²) < 4.78 is 7.06. The summed E-state index contributed by atoms with van der Waals surface area (Å²) in [6, 6.07) is -1.28. The summed E-state index contributed by atoms with van der Waals surface area (Å²) in [5.41, 5.74) is 0. The van der Waals surface area contributed by atoms with Crippen LogP contribution in [-0.4, -0.2) is 23.9 Å². The van der Waals surface area contributed by atoms with E-state index in [1.165, 1.54) is 32.1 Å².